The van der Waals surface area contributed by atoms with Gasteiger partial charge >= 0.3 is 0 Å². The lowest BCUT2D eigenvalue weighted by Crippen LogP contribution is -2.17. The van der Waals surface area contributed by atoms with Crippen molar-refractivity contribution in [2.24, 2.45) is 0 Å². The number of nitrogens with one attached hydrogen (secondary N) is 2. The molecule has 0 heterocycles. The largest absolute Gasteiger partial charge is 0.382 e. The van der Waals surface area contributed by atoms with Crippen LogP contribution in [0.3, 0.4) is 0 Å². The molecule has 2 aromatic rings. The number of benzene rings is 2. The molecule has 110 valence electrons. The summed E-state index contributed by atoms with van der Waals surface area (Å²) >= 11 is 6.84. The van der Waals surface area contributed by atoms with Gasteiger partial charge in [-0.1, -0.05) is 28.1 Å². The molecule has 0 spiro atoms. The fourth-order valence-electron chi connectivity index (χ4n) is 1.90. The standard InChI is InChI=1S/C16H16Br2N2O/c1-10(2)19-14-6-4-3-5-12(14)16(21)20-15-8-7-11(17)9-13(15)18/h3-10,19H,1-2H3,(H,20,21). The lowest BCUT2D eigenvalue weighted by atomic mass is 10.1. The Labute approximate surface area is 141 Å². The van der Waals surface area contributed by atoms with Gasteiger partial charge in [-0.15, -0.1) is 0 Å². The molecule has 0 fully saturated rings. The van der Waals surface area contributed by atoms with Crippen LogP contribution < -0.4 is 10.6 Å². The minimum absolute atomic E-state index is 0.137. The van der Waals surface area contributed by atoms with Crippen LogP contribution in [0.15, 0.2) is 51.4 Å². The molecule has 0 aliphatic carbocycles. The molecular formula is C16H16Br2N2O. The van der Waals surface area contributed by atoms with Gasteiger partial charge in [-0.2, -0.15) is 0 Å². The number of para-hydroxylation sites is 1. The normalized spacial score (nSPS) is 10.5. The number of rotatable bonds is 4. The summed E-state index contributed by atoms with van der Waals surface area (Å²) in [5.74, 6) is -0.137. The van der Waals surface area contributed by atoms with E-state index < -0.39 is 0 Å². The van der Waals surface area contributed by atoms with Crippen LogP contribution in [0.1, 0.15) is 24.2 Å². The van der Waals surface area contributed by atoms with E-state index in [1.807, 2.05) is 56.3 Å². The Hall–Kier alpha value is -1.33. The molecule has 0 saturated heterocycles. The summed E-state index contributed by atoms with van der Waals surface area (Å²) in [5, 5.41) is 6.20. The molecule has 3 nitrogen and oxygen atoms in total. The molecule has 0 radical (unpaired) electrons. The Bertz CT molecular complexity index is 656. The molecule has 0 saturated carbocycles. The van der Waals surface area contributed by atoms with Crippen molar-refractivity contribution in [2.45, 2.75) is 19.9 Å². The molecule has 0 aliphatic rings. The molecular weight excluding hydrogens is 396 g/mol. The molecule has 0 aliphatic heterocycles. The van der Waals surface area contributed by atoms with E-state index in [9.17, 15) is 4.79 Å². The zero-order valence-electron chi connectivity index (χ0n) is 11.8. The average Bonchev–Trinajstić information content (AvgIpc) is 2.42. The van der Waals surface area contributed by atoms with Gasteiger partial charge in [0.15, 0.2) is 0 Å². The van der Waals surface area contributed by atoms with Crippen LogP contribution >= 0.6 is 31.9 Å². The summed E-state index contributed by atoms with van der Waals surface area (Å²) in [7, 11) is 0. The Kier molecular flexibility index (Phi) is 5.42. The third-order valence-corrected chi connectivity index (χ3v) is 3.94. The van der Waals surface area contributed by atoms with Gasteiger partial charge in [0.25, 0.3) is 5.91 Å². The minimum Gasteiger partial charge on any atom is -0.382 e. The van der Waals surface area contributed by atoms with E-state index in [0.717, 1.165) is 20.3 Å². The molecule has 0 unspecified atom stereocenters. The summed E-state index contributed by atoms with van der Waals surface area (Å²) in [6.07, 6.45) is 0. The highest BCUT2D eigenvalue weighted by Gasteiger charge is 2.13. The first kappa shape index (κ1) is 16.0. The summed E-state index contributed by atoms with van der Waals surface area (Å²) in [4.78, 5) is 12.5. The second-order valence-corrected chi connectivity index (χ2v) is 6.69. The highest BCUT2D eigenvalue weighted by atomic mass is 79.9. The summed E-state index contributed by atoms with van der Waals surface area (Å²) < 4.78 is 1.79. The van der Waals surface area contributed by atoms with Crippen molar-refractivity contribution in [3.63, 3.8) is 0 Å². The molecule has 2 rings (SSSR count). The van der Waals surface area contributed by atoms with Gasteiger partial charge in [-0.3, -0.25) is 4.79 Å². The van der Waals surface area contributed by atoms with Gasteiger partial charge in [0.2, 0.25) is 0 Å². The maximum atomic E-state index is 12.5. The van der Waals surface area contributed by atoms with Gasteiger partial charge in [-0.05, 0) is 60.1 Å². The second kappa shape index (κ2) is 7.09. The summed E-state index contributed by atoms with van der Waals surface area (Å²) in [6.45, 7) is 4.08. The van der Waals surface area contributed by atoms with Crippen molar-refractivity contribution in [3.05, 3.63) is 57.0 Å². The van der Waals surface area contributed by atoms with Crippen LogP contribution in [0.25, 0.3) is 0 Å². The third-order valence-electron chi connectivity index (χ3n) is 2.80. The maximum absolute atomic E-state index is 12.5. The molecule has 1 amide bonds. The number of carbonyl (C=O) groups excluding carboxylic acids is 1. The topological polar surface area (TPSA) is 41.1 Å². The second-order valence-electron chi connectivity index (χ2n) is 4.92. The lowest BCUT2D eigenvalue weighted by Gasteiger charge is -2.15. The highest BCUT2D eigenvalue weighted by molar-refractivity contribution is 9.11. The number of anilines is 2. The van der Waals surface area contributed by atoms with E-state index >= 15 is 0 Å². The number of carbonyl (C=O) groups is 1. The van der Waals surface area contributed by atoms with Crippen molar-refractivity contribution in [3.8, 4) is 0 Å². The Balaban J connectivity index is 2.24. The monoisotopic (exact) mass is 410 g/mol. The predicted molar refractivity (Wildman–Crippen MR) is 95.0 cm³/mol. The molecule has 0 atom stereocenters. The van der Waals surface area contributed by atoms with Crippen LogP contribution in [0, 0.1) is 0 Å². The van der Waals surface area contributed by atoms with Gasteiger partial charge in [-0.25, -0.2) is 0 Å². The number of hydrogen-bond donors (Lipinski definition) is 2. The van der Waals surface area contributed by atoms with E-state index in [0.29, 0.717) is 5.56 Å². The maximum Gasteiger partial charge on any atom is 0.257 e. The van der Waals surface area contributed by atoms with Crippen LogP contribution in [0.5, 0.6) is 0 Å². The van der Waals surface area contributed by atoms with E-state index in [2.05, 4.69) is 42.5 Å². The molecule has 0 bridgehead atoms. The molecule has 2 N–H and O–H groups in total. The molecule has 2 aromatic carbocycles. The fourth-order valence-corrected chi connectivity index (χ4v) is 3.04. The Morgan fingerprint density at radius 1 is 1.05 bits per heavy atom. The smallest absolute Gasteiger partial charge is 0.257 e. The first-order valence-electron chi connectivity index (χ1n) is 6.59. The number of amides is 1. The summed E-state index contributed by atoms with van der Waals surface area (Å²) in [6, 6.07) is 13.4. The van der Waals surface area contributed by atoms with Crippen molar-refractivity contribution >= 4 is 49.1 Å². The average molecular weight is 412 g/mol. The number of halogens is 2. The van der Waals surface area contributed by atoms with E-state index in [1.165, 1.54) is 0 Å². The van der Waals surface area contributed by atoms with Crippen LogP contribution in [-0.4, -0.2) is 11.9 Å². The first-order chi connectivity index (χ1) is 9.97. The van der Waals surface area contributed by atoms with E-state index in [1.54, 1.807) is 0 Å². The quantitative estimate of drug-likeness (QED) is 0.717. The fraction of sp³-hybridized carbons (Fsp3) is 0.188. The van der Waals surface area contributed by atoms with Crippen molar-refractivity contribution in [1.29, 1.82) is 0 Å². The van der Waals surface area contributed by atoms with E-state index in [4.69, 9.17) is 0 Å². The van der Waals surface area contributed by atoms with Gasteiger partial charge < -0.3 is 10.6 Å². The predicted octanol–water partition coefficient (Wildman–Crippen LogP) is 5.28. The van der Waals surface area contributed by atoms with Gasteiger partial charge in [0, 0.05) is 20.7 Å². The van der Waals surface area contributed by atoms with Gasteiger partial charge in [0.05, 0.1) is 11.3 Å². The lowest BCUT2D eigenvalue weighted by molar-refractivity contribution is 0.102. The SMILES string of the molecule is CC(C)Nc1ccccc1C(=O)Nc1ccc(Br)cc1Br. The van der Waals surface area contributed by atoms with Crippen LogP contribution in [0.4, 0.5) is 11.4 Å². The third kappa shape index (κ3) is 4.32. The Morgan fingerprint density at radius 2 is 1.76 bits per heavy atom. The van der Waals surface area contributed by atoms with Crippen molar-refractivity contribution in [2.75, 3.05) is 10.6 Å². The molecule has 0 aromatic heterocycles. The zero-order valence-corrected chi connectivity index (χ0v) is 15.0. The molecule has 21 heavy (non-hydrogen) atoms. The number of hydrogen-bond acceptors (Lipinski definition) is 2. The summed E-state index contributed by atoms with van der Waals surface area (Å²) in [5.41, 5.74) is 2.20. The Morgan fingerprint density at radius 3 is 2.43 bits per heavy atom. The highest BCUT2D eigenvalue weighted by Crippen LogP contribution is 2.27. The van der Waals surface area contributed by atoms with Crippen LogP contribution in [0.2, 0.25) is 0 Å². The van der Waals surface area contributed by atoms with Crippen molar-refractivity contribution in [1.82, 2.24) is 0 Å². The van der Waals surface area contributed by atoms with E-state index in [-0.39, 0.29) is 11.9 Å². The molecule has 5 heteroatoms. The minimum atomic E-state index is -0.137. The first-order valence-corrected chi connectivity index (χ1v) is 8.18. The zero-order chi connectivity index (χ0) is 15.4. The van der Waals surface area contributed by atoms with Crippen molar-refractivity contribution < 1.29 is 4.79 Å². The van der Waals surface area contributed by atoms with Gasteiger partial charge in [0.1, 0.15) is 0 Å². The van der Waals surface area contributed by atoms with Crippen LogP contribution in [-0.2, 0) is 0 Å².